The van der Waals surface area contributed by atoms with E-state index in [0.29, 0.717) is 17.2 Å². The molecule has 1 aromatic carbocycles. The molecular formula is C13H13N5O2. The van der Waals surface area contributed by atoms with Gasteiger partial charge >= 0.3 is 0 Å². The number of hydrogen-bond acceptors (Lipinski definition) is 5. The third kappa shape index (κ3) is 1.80. The van der Waals surface area contributed by atoms with Crippen molar-refractivity contribution < 1.29 is 9.90 Å². The van der Waals surface area contributed by atoms with Crippen LogP contribution >= 0.6 is 0 Å². The van der Waals surface area contributed by atoms with Gasteiger partial charge in [0.1, 0.15) is 18.1 Å². The van der Waals surface area contributed by atoms with Gasteiger partial charge in [0, 0.05) is 5.70 Å². The van der Waals surface area contributed by atoms with Gasteiger partial charge in [0.05, 0.1) is 5.57 Å². The number of benzene rings is 1. The molecule has 0 aliphatic carbocycles. The predicted molar refractivity (Wildman–Crippen MR) is 71.8 cm³/mol. The van der Waals surface area contributed by atoms with Crippen LogP contribution in [0.15, 0.2) is 41.9 Å². The SMILES string of the molecule is CC1=C(C(N)=O)[C@H](c2ccc(O)cc2)n2ncnc2N1. The molecule has 1 aliphatic rings. The molecule has 7 nitrogen and oxygen atoms in total. The first-order chi connectivity index (χ1) is 9.58. The van der Waals surface area contributed by atoms with Gasteiger partial charge < -0.3 is 16.2 Å². The van der Waals surface area contributed by atoms with Crippen molar-refractivity contribution in [2.24, 2.45) is 5.73 Å². The number of phenols is 1. The van der Waals surface area contributed by atoms with Gasteiger partial charge in [0.15, 0.2) is 0 Å². The van der Waals surface area contributed by atoms with Gasteiger partial charge in [-0.05, 0) is 24.6 Å². The van der Waals surface area contributed by atoms with Crippen LogP contribution in [0.25, 0.3) is 0 Å². The molecule has 0 spiro atoms. The van der Waals surface area contributed by atoms with E-state index in [9.17, 15) is 9.90 Å². The number of nitrogens with one attached hydrogen (secondary N) is 1. The summed E-state index contributed by atoms with van der Waals surface area (Å²) in [5.74, 6) is 0.183. The van der Waals surface area contributed by atoms with Gasteiger partial charge in [0.25, 0.3) is 0 Å². The van der Waals surface area contributed by atoms with Crippen LogP contribution in [-0.4, -0.2) is 25.8 Å². The lowest BCUT2D eigenvalue weighted by Crippen LogP contribution is -2.31. The third-order valence-electron chi connectivity index (χ3n) is 3.27. The molecular weight excluding hydrogens is 258 g/mol. The second-order valence-electron chi connectivity index (χ2n) is 4.55. The molecule has 2 heterocycles. The smallest absolute Gasteiger partial charge is 0.248 e. The maximum atomic E-state index is 11.8. The molecule has 7 heteroatoms. The number of anilines is 1. The van der Waals surface area contributed by atoms with Crippen LogP contribution in [0.5, 0.6) is 5.75 Å². The van der Waals surface area contributed by atoms with Crippen LogP contribution in [0.1, 0.15) is 18.5 Å². The van der Waals surface area contributed by atoms with Crippen molar-refractivity contribution in [3.05, 3.63) is 47.4 Å². The van der Waals surface area contributed by atoms with E-state index in [1.54, 1.807) is 35.9 Å². The number of rotatable bonds is 2. The Morgan fingerprint density at radius 1 is 1.40 bits per heavy atom. The topological polar surface area (TPSA) is 106 Å². The van der Waals surface area contributed by atoms with E-state index in [-0.39, 0.29) is 5.75 Å². The molecule has 1 aliphatic heterocycles. The summed E-state index contributed by atoms with van der Waals surface area (Å²) in [5, 5.41) is 16.5. The summed E-state index contributed by atoms with van der Waals surface area (Å²) < 4.78 is 1.60. The number of fused-ring (bicyclic) bond motifs is 1. The Morgan fingerprint density at radius 2 is 2.10 bits per heavy atom. The number of nitrogens with zero attached hydrogens (tertiary/aromatic N) is 3. The molecule has 0 saturated carbocycles. The number of aromatic hydroxyl groups is 1. The molecule has 0 bridgehead atoms. The molecule has 3 rings (SSSR count). The van der Waals surface area contributed by atoms with E-state index in [2.05, 4.69) is 15.4 Å². The van der Waals surface area contributed by atoms with Crippen molar-refractivity contribution >= 4 is 11.9 Å². The number of hydrogen-bond donors (Lipinski definition) is 3. The van der Waals surface area contributed by atoms with E-state index in [1.807, 2.05) is 0 Å². The summed E-state index contributed by atoms with van der Waals surface area (Å²) in [7, 11) is 0. The highest BCUT2D eigenvalue weighted by molar-refractivity contribution is 5.95. The molecule has 0 unspecified atom stereocenters. The maximum absolute atomic E-state index is 11.8. The summed E-state index contributed by atoms with van der Waals surface area (Å²) >= 11 is 0. The second-order valence-corrected chi connectivity index (χ2v) is 4.55. The zero-order valence-corrected chi connectivity index (χ0v) is 10.7. The average Bonchev–Trinajstić information content (AvgIpc) is 2.85. The van der Waals surface area contributed by atoms with Gasteiger partial charge in [0.2, 0.25) is 11.9 Å². The summed E-state index contributed by atoms with van der Waals surface area (Å²) in [6.07, 6.45) is 1.41. The molecule has 4 N–H and O–H groups in total. The lowest BCUT2D eigenvalue weighted by molar-refractivity contribution is -0.115. The number of carbonyl (C=O) groups excluding carboxylic acids is 1. The fourth-order valence-corrected chi connectivity index (χ4v) is 2.37. The third-order valence-corrected chi connectivity index (χ3v) is 3.27. The first-order valence-electron chi connectivity index (χ1n) is 6.04. The summed E-state index contributed by atoms with van der Waals surface area (Å²) in [5.41, 5.74) is 7.36. The quantitative estimate of drug-likeness (QED) is 0.747. The minimum Gasteiger partial charge on any atom is -0.508 e. The van der Waals surface area contributed by atoms with E-state index < -0.39 is 11.9 Å². The maximum Gasteiger partial charge on any atom is 0.248 e. The minimum absolute atomic E-state index is 0.155. The lowest BCUT2D eigenvalue weighted by Gasteiger charge is -2.27. The van der Waals surface area contributed by atoms with E-state index >= 15 is 0 Å². The minimum atomic E-state index is -0.519. The predicted octanol–water partition coefficient (Wildman–Crippen LogP) is 0.758. The van der Waals surface area contributed by atoms with Crippen LogP contribution in [0, 0.1) is 0 Å². The van der Waals surface area contributed by atoms with Crippen LogP contribution in [0.3, 0.4) is 0 Å². The normalized spacial score (nSPS) is 17.6. The van der Waals surface area contributed by atoms with Crippen molar-refractivity contribution in [1.29, 1.82) is 0 Å². The van der Waals surface area contributed by atoms with Crippen molar-refractivity contribution in [3.63, 3.8) is 0 Å². The van der Waals surface area contributed by atoms with E-state index in [0.717, 1.165) is 5.56 Å². The highest BCUT2D eigenvalue weighted by Crippen LogP contribution is 2.34. The zero-order valence-electron chi connectivity index (χ0n) is 10.7. The van der Waals surface area contributed by atoms with Gasteiger partial charge in [-0.25, -0.2) is 4.68 Å². The van der Waals surface area contributed by atoms with Crippen molar-refractivity contribution in [2.75, 3.05) is 5.32 Å². The van der Waals surface area contributed by atoms with Crippen molar-refractivity contribution in [3.8, 4) is 5.75 Å². The monoisotopic (exact) mass is 271 g/mol. The lowest BCUT2D eigenvalue weighted by atomic mass is 9.95. The van der Waals surface area contributed by atoms with Crippen molar-refractivity contribution in [1.82, 2.24) is 14.8 Å². The van der Waals surface area contributed by atoms with Crippen LogP contribution < -0.4 is 11.1 Å². The summed E-state index contributed by atoms with van der Waals surface area (Å²) in [6.45, 7) is 1.77. The summed E-state index contributed by atoms with van der Waals surface area (Å²) in [4.78, 5) is 15.9. The molecule has 0 radical (unpaired) electrons. The number of carbonyl (C=O) groups is 1. The van der Waals surface area contributed by atoms with Crippen molar-refractivity contribution in [2.45, 2.75) is 13.0 Å². The first kappa shape index (κ1) is 12.2. The average molecular weight is 271 g/mol. The molecule has 0 saturated heterocycles. The highest BCUT2D eigenvalue weighted by atomic mass is 16.3. The number of amides is 1. The Labute approximate surface area is 114 Å². The Hall–Kier alpha value is -2.83. The first-order valence-corrected chi connectivity index (χ1v) is 6.04. The van der Waals surface area contributed by atoms with Crippen LogP contribution in [-0.2, 0) is 4.79 Å². The molecule has 0 fully saturated rings. The number of phenolic OH excluding ortho intramolecular Hbond substituents is 1. The van der Waals surface area contributed by atoms with Crippen LogP contribution in [0.2, 0.25) is 0 Å². The zero-order chi connectivity index (χ0) is 14.3. The van der Waals surface area contributed by atoms with Gasteiger partial charge in [-0.15, -0.1) is 0 Å². The molecule has 2 aromatic rings. The number of allylic oxidation sites excluding steroid dienone is 1. The Bertz CT molecular complexity index is 702. The van der Waals surface area contributed by atoms with Gasteiger partial charge in [-0.2, -0.15) is 10.1 Å². The van der Waals surface area contributed by atoms with E-state index in [4.69, 9.17) is 5.73 Å². The fourth-order valence-electron chi connectivity index (χ4n) is 2.37. The highest BCUT2D eigenvalue weighted by Gasteiger charge is 2.31. The largest absolute Gasteiger partial charge is 0.508 e. The van der Waals surface area contributed by atoms with Gasteiger partial charge in [-0.1, -0.05) is 12.1 Å². The number of nitrogens with two attached hydrogens (primary N) is 1. The van der Waals surface area contributed by atoms with E-state index in [1.165, 1.54) is 6.33 Å². The Morgan fingerprint density at radius 3 is 2.75 bits per heavy atom. The number of aromatic nitrogens is 3. The molecule has 102 valence electrons. The Balaban J connectivity index is 2.19. The number of primary amides is 1. The summed E-state index contributed by atoms with van der Waals surface area (Å²) in [6, 6.07) is 6.12. The Kier molecular flexibility index (Phi) is 2.67. The molecule has 1 atom stereocenters. The van der Waals surface area contributed by atoms with Gasteiger partial charge in [-0.3, -0.25) is 4.79 Å². The molecule has 1 amide bonds. The second kappa shape index (κ2) is 4.37. The standard InChI is InChI=1S/C13H13N5O2/c1-7-10(12(14)20)11(8-2-4-9(19)5-3-8)18-13(17-7)15-6-16-18/h2-6,11,19H,1H3,(H2,14,20)(H,15,16,17)/t11-/m0/s1. The molecule has 20 heavy (non-hydrogen) atoms. The van der Waals surface area contributed by atoms with Crippen LogP contribution in [0.4, 0.5) is 5.95 Å². The molecule has 1 aromatic heterocycles. The fraction of sp³-hybridized carbons (Fsp3) is 0.154.